The second-order valence-corrected chi connectivity index (χ2v) is 5.54. The summed E-state index contributed by atoms with van der Waals surface area (Å²) in [5.41, 5.74) is 1.04. The minimum Gasteiger partial charge on any atom is -0.326 e. The number of rotatable bonds is 3. The SMILES string of the molecule is Cc1c(F)cccc1NC(=O)CC1CSCCN1.Cl. The van der Waals surface area contributed by atoms with Crippen LogP contribution in [0.2, 0.25) is 0 Å². The number of thioether (sulfide) groups is 1. The first-order valence-electron chi connectivity index (χ1n) is 6.03. The summed E-state index contributed by atoms with van der Waals surface area (Å²) in [6, 6.07) is 4.94. The van der Waals surface area contributed by atoms with E-state index in [9.17, 15) is 9.18 Å². The molecular formula is C13H18ClFN2OS. The number of anilines is 1. The van der Waals surface area contributed by atoms with E-state index in [-0.39, 0.29) is 30.2 Å². The highest BCUT2D eigenvalue weighted by Gasteiger charge is 2.17. The van der Waals surface area contributed by atoms with Gasteiger partial charge in [0, 0.05) is 41.8 Å². The largest absolute Gasteiger partial charge is 0.326 e. The number of hydrogen-bond acceptors (Lipinski definition) is 3. The van der Waals surface area contributed by atoms with Crippen LogP contribution in [-0.2, 0) is 4.79 Å². The van der Waals surface area contributed by atoms with Crippen molar-refractivity contribution in [2.24, 2.45) is 0 Å². The molecule has 2 N–H and O–H groups in total. The molecule has 2 rings (SSSR count). The third kappa shape index (κ3) is 4.67. The number of carbonyl (C=O) groups excluding carboxylic acids is 1. The molecule has 1 aromatic rings. The van der Waals surface area contributed by atoms with E-state index in [1.54, 1.807) is 19.1 Å². The van der Waals surface area contributed by atoms with Crippen LogP contribution in [-0.4, -0.2) is 30.0 Å². The second-order valence-electron chi connectivity index (χ2n) is 4.39. The molecule has 1 aliphatic heterocycles. The maximum absolute atomic E-state index is 13.3. The topological polar surface area (TPSA) is 41.1 Å². The van der Waals surface area contributed by atoms with E-state index in [4.69, 9.17) is 0 Å². The highest BCUT2D eigenvalue weighted by atomic mass is 35.5. The van der Waals surface area contributed by atoms with Crippen molar-refractivity contribution in [1.82, 2.24) is 5.32 Å². The van der Waals surface area contributed by atoms with Crippen molar-refractivity contribution >= 4 is 35.8 Å². The van der Waals surface area contributed by atoms with Crippen LogP contribution in [0.4, 0.5) is 10.1 Å². The van der Waals surface area contributed by atoms with Crippen molar-refractivity contribution in [2.45, 2.75) is 19.4 Å². The van der Waals surface area contributed by atoms with Crippen molar-refractivity contribution in [1.29, 1.82) is 0 Å². The molecule has 0 bridgehead atoms. The number of hydrogen-bond donors (Lipinski definition) is 2. The third-order valence-corrected chi connectivity index (χ3v) is 4.10. The molecule has 1 atom stereocenters. The van der Waals surface area contributed by atoms with Crippen LogP contribution in [0.5, 0.6) is 0 Å². The monoisotopic (exact) mass is 304 g/mol. The Hall–Kier alpha value is -0.780. The summed E-state index contributed by atoms with van der Waals surface area (Å²) in [6.45, 7) is 2.61. The lowest BCUT2D eigenvalue weighted by molar-refractivity contribution is -0.116. The van der Waals surface area contributed by atoms with Gasteiger partial charge < -0.3 is 10.6 Å². The Labute approximate surface area is 123 Å². The maximum atomic E-state index is 13.3. The molecule has 0 radical (unpaired) electrons. The van der Waals surface area contributed by atoms with Gasteiger partial charge in [0.1, 0.15) is 5.82 Å². The molecule has 1 aromatic carbocycles. The van der Waals surface area contributed by atoms with Gasteiger partial charge in [-0.05, 0) is 19.1 Å². The lowest BCUT2D eigenvalue weighted by Crippen LogP contribution is -2.39. The molecule has 0 aromatic heterocycles. The molecule has 1 aliphatic rings. The van der Waals surface area contributed by atoms with Crippen LogP contribution < -0.4 is 10.6 Å². The Morgan fingerprint density at radius 3 is 3.05 bits per heavy atom. The first-order chi connectivity index (χ1) is 8.66. The number of halogens is 2. The Morgan fingerprint density at radius 2 is 2.37 bits per heavy atom. The number of benzene rings is 1. The van der Waals surface area contributed by atoms with Crippen molar-refractivity contribution < 1.29 is 9.18 Å². The van der Waals surface area contributed by atoms with E-state index >= 15 is 0 Å². The summed E-state index contributed by atoms with van der Waals surface area (Å²) in [5, 5.41) is 6.08. The molecular weight excluding hydrogens is 287 g/mol. The van der Waals surface area contributed by atoms with E-state index in [1.165, 1.54) is 6.07 Å². The van der Waals surface area contributed by atoms with Crippen molar-refractivity contribution in [3.05, 3.63) is 29.6 Å². The molecule has 19 heavy (non-hydrogen) atoms. The maximum Gasteiger partial charge on any atom is 0.225 e. The first kappa shape index (κ1) is 16.3. The summed E-state index contributed by atoms with van der Waals surface area (Å²) in [6.07, 6.45) is 0.433. The minimum atomic E-state index is -0.292. The minimum absolute atomic E-state index is 0. The Kier molecular flexibility index (Phi) is 6.62. The van der Waals surface area contributed by atoms with Gasteiger partial charge in [-0.15, -0.1) is 12.4 Å². The quantitative estimate of drug-likeness (QED) is 0.902. The fourth-order valence-corrected chi connectivity index (χ4v) is 2.87. The van der Waals surface area contributed by atoms with Crippen LogP contribution in [0, 0.1) is 12.7 Å². The van der Waals surface area contributed by atoms with Gasteiger partial charge in [0.15, 0.2) is 0 Å². The van der Waals surface area contributed by atoms with Gasteiger partial charge in [-0.25, -0.2) is 4.39 Å². The fraction of sp³-hybridized carbons (Fsp3) is 0.462. The van der Waals surface area contributed by atoms with Gasteiger partial charge in [0.25, 0.3) is 0 Å². The zero-order valence-corrected chi connectivity index (χ0v) is 12.4. The lowest BCUT2D eigenvalue weighted by atomic mass is 10.1. The Bertz CT molecular complexity index is 439. The van der Waals surface area contributed by atoms with Crippen molar-refractivity contribution in [2.75, 3.05) is 23.4 Å². The predicted octanol–water partition coefficient (Wildman–Crippen LogP) is 2.59. The molecule has 6 heteroatoms. The van der Waals surface area contributed by atoms with Crippen LogP contribution in [0.1, 0.15) is 12.0 Å². The molecule has 1 saturated heterocycles. The van der Waals surface area contributed by atoms with Gasteiger partial charge >= 0.3 is 0 Å². The molecule has 3 nitrogen and oxygen atoms in total. The lowest BCUT2D eigenvalue weighted by Gasteiger charge is -2.22. The van der Waals surface area contributed by atoms with E-state index in [0.29, 0.717) is 17.7 Å². The van der Waals surface area contributed by atoms with Gasteiger partial charge in [0.05, 0.1) is 0 Å². The van der Waals surface area contributed by atoms with Crippen LogP contribution in [0.25, 0.3) is 0 Å². The van der Waals surface area contributed by atoms with Gasteiger partial charge in [-0.1, -0.05) is 6.07 Å². The summed E-state index contributed by atoms with van der Waals surface area (Å²) in [4.78, 5) is 11.9. The van der Waals surface area contributed by atoms with Crippen molar-refractivity contribution in [3.63, 3.8) is 0 Å². The summed E-state index contributed by atoms with van der Waals surface area (Å²) in [7, 11) is 0. The van der Waals surface area contributed by atoms with Crippen molar-refractivity contribution in [3.8, 4) is 0 Å². The smallest absolute Gasteiger partial charge is 0.225 e. The molecule has 0 aliphatic carbocycles. The molecule has 1 fully saturated rings. The fourth-order valence-electron chi connectivity index (χ4n) is 1.92. The van der Waals surface area contributed by atoms with Crippen LogP contribution >= 0.6 is 24.2 Å². The highest BCUT2D eigenvalue weighted by molar-refractivity contribution is 7.99. The van der Waals surface area contributed by atoms with E-state index in [0.717, 1.165) is 18.1 Å². The normalized spacial score (nSPS) is 18.5. The molecule has 0 saturated carbocycles. The molecule has 1 unspecified atom stereocenters. The zero-order valence-electron chi connectivity index (χ0n) is 10.7. The van der Waals surface area contributed by atoms with Gasteiger partial charge in [-0.2, -0.15) is 11.8 Å². The summed E-state index contributed by atoms with van der Waals surface area (Å²) in [5.74, 6) is 1.69. The van der Waals surface area contributed by atoms with Crippen LogP contribution in [0.15, 0.2) is 18.2 Å². The average molecular weight is 305 g/mol. The highest BCUT2D eigenvalue weighted by Crippen LogP contribution is 2.18. The van der Waals surface area contributed by atoms with E-state index in [2.05, 4.69) is 10.6 Å². The first-order valence-corrected chi connectivity index (χ1v) is 7.18. The third-order valence-electron chi connectivity index (χ3n) is 2.97. The van der Waals surface area contributed by atoms with E-state index in [1.807, 2.05) is 11.8 Å². The Balaban J connectivity index is 0.00000180. The number of carbonyl (C=O) groups is 1. The molecule has 1 heterocycles. The predicted molar refractivity (Wildman–Crippen MR) is 80.7 cm³/mol. The number of amides is 1. The Morgan fingerprint density at radius 1 is 1.58 bits per heavy atom. The van der Waals surface area contributed by atoms with Crippen LogP contribution in [0.3, 0.4) is 0 Å². The summed E-state index contributed by atoms with van der Waals surface area (Å²) >= 11 is 1.85. The van der Waals surface area contributed by atoms with E-state index < -0.39 is 0 Å². The molecule has 0 spiro atoms. The summed E-state index contributed by atoms with van der Waals surface area (Å²) < 4.78 is 13.3. The molecule has 1 amide bonds. The second kappa shape index (κ2) is 7.72. The van der Waals surface area contributed by atoms with Gasteiger partial charge in [-0.3, -0.25) is 4.79 Å². The average Bonchev–Trinajstić information content (AvgIpc) is 2.36. The van der Waals surface area contributed by atoms with Gasteiger partial charge in [0.2, 0.25) is 5.91 Å². The molecule has 106 valence electrons. The zero-order chi connectivity index (χ0) is 13.0. The standard InChI is InChI=1S/C13H17FN2OS.ClH/c1-9-11(14)3-2-4-12(9)16-13(17)7-10-8-18-6-5-15-10;/h2-4,10,15H,5-8H2,1H3,(H,16,17);1H. The number of nitrogens with one attached hydrogen (secondary N) is 2.